The van der Waals surface area contributed by atoms with Crippen molar-refractivity contribution in [3.63, 3.8) is 0 Å². The van der Waals surface area contributed by atoms with E-state index in [9.17, 15) is 4.79 Å². The van der Waals surface area contributed by atoms with E-state index < -0.39 is 0 Å². The largest absolute Gasteiger partial charge is 0.356 e. The van der Waals surface area contributed by atoms with Crippen molar-refractivity contribution in [2.45, 2.75) is 32.7 Å². The molecule has 0 aliphatic heterocycles. The van der Waals surface area contributed by atoms with Gasteiger partial charge in [0.05, 0.1) is 0 Å². The van der Waals surface area contributed by atoms with Crippen LogP contribution in [0, 0.1) is 6.92 Å². The van der Waals surface area contributed by atoms with Crippen molar-refractivity contribution in [1.29, 1.82) is 0 Å². The highest BCUT2D eigenvalue weighted by Crippen LogP contribution is 2.03. The summed E-state index contributed by atoms with van der Waals surface area (Å²) in [5.41, 5.74) is 8.03. The van der Waals surface area contributed by atoms with Gasteiger partial charge in [0.15, 0.2) is 0 Å². The molecule has 3 N–H and O–H groups in total. The number of carbonyl (C=O) groups excluding carboxylic acids is 1. The van der Waals surface area contributed by atoms with Crippen molar-refractivity contribution in [3.05, 3.63) is 35.4 Å². The summed E-state index contributed by atoms with van der Waals surface area (Å²) in [5, 5.41) is 2.86. The minimum atomic E-state index is -0.0700. The van der Waals surface area contributed by atoms with Crippen molar-refractivity contribution in [2.24, 2.45) is 5.73 Å². The molecule has 0 aliphatic carbocycles. The first kappa shape index (κ1) is 15.9. The average molecular weight is 257 g/mol. The molecule has 3 nitrogen and oxygen atoms in total. The van der Waals surface area contributed by atoms with E-state index in [0.29, 0.717) is 13.0 Å². The van der Waals surface area contributed by atoms with E-state index in [1.807, 2.05) is 6.92 Å². The zero-order chi connectivity index (χ0) is 12.0. The van der Waals surface area contributed by atoms with E-state index in [1.165, 1.54) is 11.1 Å². The Hall–Kier alpha value is -1.06. The summed E-state index contributed by atoms with van der Waals surface area (Å²) in [6, 6.07) is 8.28. The summed E-state index contributed by atoms with van der Waals surface area (Å²) in [5.74, 6) is 0.0297. The average Bonchev–Trinajstić information content (AvgIpc) is 2.20. The van der Waals surface area contributed by atoms with Crippen molar-refractivity contribution in [1.82, 2.24) is 5.32 Å². The zero-order valence-corrected chi connectivity index (χ0v) is 11.2. The number of benzene rings is 1. The predicted octanol–water partition coefficient (Wildman–Crippen LogP) is 1.81. The lowest BCUT2D eigenvalue weighted by Gasteiger charge is -2.07. The highest BCUT2D eigenvalue weighted by molar-refractivity contribution is 5.85. The van der Waals surface area contributed by atoms with E-state index in [0.717, 1.165) is 6.42 Å². The van der Waals surface area contributed by atoms with Gasteiger partial charge in [-0.3, -0.25) is 4.79 Å². The fraction of sp³-hybridized carbons (Fsp3) is 0.462. The zero-order valence-electron chi connectivity index (χ0n) is 10.4. The van der Waals surface area contributed by atoms with Crippen molar-refractivity contribution < 1.29 is 4.79 Å². The fourth-order valence-electron chi connectivity index (χ4n) is 1.47. The molecule has 17 heavy (non-hydrogen) atoms. The topological polar surface area (TPSA) is 55.1 Å². The van der Waals surface area contributed by atoms with Crippen LogP contribution in [0.3, 0.4) is 0 Å². The van der Waals surface area contributed by atoms with Gasteiger partial charge in [-0.05, 0) is 25.8 Å². The Bertz CT molecular complexity index is 336. The van der Waals surface area contributed by atoms with Crippen LogP contribution in [0.4, 0.5) is 0 Å². The van der Waals surface area contributed by atoms with E-state index in [2.05, 4.69) is 36.5 Å². The molecule has 0 saturated heterocycles. The van der Waals surface area contributed by atoms with Crippen molar-refractivity contribution in [2.75, 3.05) is 6.54 Å². The molecule has 1 aromatic carbocycles. The number of nitrogens with two attached hydrogens (primary N) is 1. The molecule has 0 bridgehead atoms. The Morgan fingerprint density at radius 1 is 1.35 bits per heavy atom. The SMILES string of the molecule is Cc1ccc(CCNC(=O)CC(C)N)cc1.Cl. The minimum absolute atomic E-state index is 0. The summed E-state index contributed by atoms with van der Waals surface area (Å²) in [7, 11) is 0. The highest BCUT2D eigenvalue weighted by Gasteiger charge is 2.03. The molecule has 0 fully saturated rings. The monoisotopic (exact) mass is 256 g/mol. The van der Waals surface area contributed by atoms with Gasteiger partial charge in [-0.25, -0.2) is 0 Å². The van der Waals surface area contributed by atoms with E-state index in [1.54, 1.807) is 0 Å². The fourth-order valence-corrected chi connectivity index (χ4v) is 1.47. The van der Waals surface area contributed by atoms with Gasteiger partial charge in [-0.1, -0.05) is 29.8 Å². The molecule has 1 unspecified atom stereocenters. The van der Waals surface area contributed by atoms with Crippen molar-refractivity contribution in [3.8, 4) is 0 Å². The van der Waals surface area contributed by atoms with Crippen LogP contribution in [0.1, 0.15) is 24.5 Å². The van der Waals surface area contributed by atoms with Gasteiger partial charge in [-0.2, -0.15) is 0 Å². The van der Waals surface area contributed by atoms with Gasteiger partial charge < -0.3 is 11.1 Å². The molecule has 0 aromatic heterocycles. The third-order valence-electron chi connectivity index (χ3n) is 2.36. The molecule has 0 radical (unpaired) electrons. The molecule has 0 heterocycles. The lowest BCUT2D eigenvalue weighted by molar-refractivity contribution is -0.121. The number of amides is 1. The molecule has 0 aliphatic rings. The Morgan fingerprint density at radius 3 is 2.47 bits per heavy atom. The Morgan fingerprint density at radius 2 is 1.94 bits per heavy atom. The lowest BCUT2D eigenvalue weighted by Crippen LogP contribution is -2.31. The molecule has 1 aromatic rings. The Kier molecular flexibility index (Phi) is 7.59. The summed E-state index contributed by atoms with van der Waals surface area (Å²) in [4.78, 5) is 11.3. The number of carbonyl (C=O) groups is 1. The third kappa shape index (κ3) is 6.97. The second kappa shape index (κ2) is 8.09. The third-order valence-corrected chi connectivity index (χ3v) is 2.36. The number of hydrogen-bond acceptors (Lipinski definition) is 2. The van der Waals surface area contributed by atoms with Gasteiger partial charge >= 0.3 is 0 Å². The summed E-state index contributed by atoms with van der Waals surface area (Å²) in [6.45, 7) is 4.57. The molecule has 0 spiro atoms. The molecular formula is C13H21ClN2O. The molecule has 1 atom stereocenters. The predicted molar refractivity (Wildman–Crippen MR) is 73.4 cm³/mol. The Balaban J connectivity index is 0.00000256. The van der Waals surface area contributed by atoms with Gasteiger partial charge in [0.2, 0.25) is 5.91 Å². The Labute approximate surface area is 109 Å². The molecular weight excluding hydrogens is 236 g/mol. The van der Waals surface area contributed by atoms with Crippen LogP contribution in [0.15, 0.2) is 24.3 Å². The summed E-state index contributed by atoms with van der Waals surface area (Å²) < 4.78 is 0. The van der Waals surface area contributed by atoms with Gasteiger partial charge in [0, 0.05) is 19.0 Å². The van der Waals surface area contributed by atoms with Crippen LogP contribution in [0.2, 0.25) is 0 Å². The number of aryl methyl sites for hydroxylation is 1. The second-order valence-corrected chi connectivity index (χ2v) is 4.27. The number of nitrogens with one attached hydrogen (secondary N) is 1. The normalized spacial score (nSPS) is 11.5. The first-order valence-corrected chi connectivity index (χ1v) is 5.66. The van der Waals surface area contributed by atoms with Crippen LogP contribution in [0.25, 0.3) is 0 Å². The maximum atomic E-state index is 11.3. The smallest absolute Gasteiger partial charge is 0.221 e. The van der Waals surface area contributed by atoms with Crippen LogP contribution < -0.4 is 11.1 Å². The molecule has 4 heteroatoms. The maximum absolute atomic E-state index is 11.3. The van der Waals surface area contributed by atoms with Crippen LogP contribution in [0.5, 0.6) is 0 Å². The van der Waals surface area contributed by atoms with E-state index in [-0.39, 0.29) is 24.4 Å². The first-order valence-electron chi connectivity index (χ1n) is 5.66. The van der Waals surface area contributed by atoms with Gasteiger partial charge in [-0.15, -0.1) is 12.4 Å². The van der Waals surface area contributed by atoms with Crippen LogP contribution in [-0.4, -0.2) is 18.5 Å². The standard InChI is InChI=1S/C13H20N2O.ClH/c1-10-3-5-12(6-4-10)7-8-15-13(16)9-11(2)14;/h3-6,11H,7-9,14H2,1-2H3,(H,15,16);1H. The maximum Gasteiger partial charge on any atom is 0.221 e. The summed E-state index contributed by atoms with van der Waals surface area (Å²) in [6.07, 6.45) is 1.26. The second-order valence-electron chi connectivity index (χ2n) is 4.27. The van der Waals surface area contributed by atoms with Crippen LogP contribution in [-0.2, 0) is 11.2 Å². The highest BCUT2D eigenvalue weighted by atomic mass is 35.5. The van der Waals surface area contributed by atoms with Crippen LogP contribution >= 0.6 is 12.4 Å². The quantitative estimate of drug-likeness (QED) is 0.844. The number of halogens is 1. The molecule has 0 saturated carbocycles. The number of hydrogen-bond donors (Lipinski definition) is 2. The van der Waals surface area contributed by atoms with E-state index >= 15 is 0 Å². The molecule has 1 rings (SSSR count). The minimum Gasteiger partial charge on any atom is -0.356 e. The van der Waals surface area contributed by atoms with Crippen molar-refractivity contribution >= 4 is 18.3 Å². The molecule has 96 valence electrons. The number of rotatable bonds is 5. The van der Waals surface area contributed by atoms with E-state index in [4.69, 9.17) is 5.73 Å². The lowest BCUT2D eigenvalue weighted by atomic mass is 10.1. The van der Waals surface area contributed by atoms with Gasteiger partial charge in [0.25, 0.3) is 0 Å². The molecule has 1 amide bonds. The summed E-state index contributed by atoms with van der Waals surface area (Å²) >= 11 is 0. The van der Waals surface area contributed by atoms with Gasteiger partial charge in [0.1, 0.15) is 0 Å². The first-order chi connectivity index (χ1) is 7.58.